The van der Waals surface area contributed by atoms with Crippen LogP contribution in [0.25, 0.3) is 11.0 Å². The number of aryl methyl sites for hydroxylation is 1. The summed E-state index contributed by atoms with van der Waals surface area (Å²) < 4.78 is 28.4. The number of rotatable bonds is 4. The Balaban J connectivity index is 0.00000176. The Bertz CT molecular complexity index is 872. The number of para-hydroxylation sites is 1. The third-order valence-electron chi connectivity index (χ3n) is 3.16. The summed E-state index contributed by atoms with van der Waals surface area (Å²) >= 11 is 0. The molecule has 0 fully saturated rings. The quantitative estimate of drug-likeness (QED) is 0.768. The van der Waals surface area contributed by atoms with Crippen molar-refractivity contribution < 1.29 is 13.9 Å². The smallest absolute Gasteiger partial charge is 0.242 e. The molecule has 22 heavy (non-hydrogen) atoms. The van der Waals surface area contributed by atoms with Gasteiger partial charge in [0.25, 0.3) is 0 Å². The first-order valence-corrected chi connectivity index (χ1v) is 7.89. The van der Waals surface area contributed by atoms with Crippen molar-refractivity contribution in [2.75, 3.05) is 0 Å². The fourth-order valence-corrected chi connectivity index (χ4v) is 2.93. The molecule has 0 aliphatic carbocycles. The molecule has 0 spiro atoms. The topological polar surface area (TPSA) is 108 Å². The monoisotopic (exact) mass is 320 g/mol. The number of nitrogens with zero attached hydrogens (tertiary/aromatic N) is 3. The van der Waals surface area contributed by atoms with Crippen molar-refractivity contribution in [3.63, 3.8) is 0 Å². The van der Waals surface area contributed by atoms with Gasteiger partial charge in [0.05, 0.1) is 10.4 Å². The number of aromatic nitrogens is 3. The summed E-state index contributed by atoms with van der Waals surface area (Å²) in [4.78, 5) is 0.234. The summed E-state index contributed by atoms with van der Waals surface area (Å²) in [6, 6.07) is 14.1. The van der Waals surface area contributed by atoms with Gasteiger partial charge in [0.15, 0.2) is 0 Å². The summed E-state index contributed by atoms with van der Waals surface area (Å²) in [6.07, 6.45) is 0. The maximum absolute atomic E-state index is 12.2. The molecule has 3 aromatic rings. The van der Waals surface area contributed by atoms with Crippen molar-refractivity contribution in [2.24, 2.45) is 0 Å². The summed E-state index contributed by atoms with van der Waals surface area (Å²) in [5, 5.41) is 7.93. The predicted molar refractivity (Wildman–Crippen MR) is 82.6 cm³/mol. The molecule has 1 heterocycles. The first kappa shape index (κ1) is 16.1. The molecule has 0 aliphatic heterocycles. The SMILES string of the molecule is Cc1ccc(S(=O)(=O)NCn2nnc3ccccc32)cc1.O. The van der Waals surface area contributed by atoms with Gasteiger partial charge in [-0.25, -0.2) is 13.1 Å². The molecule has 0 amide bonds. The molecule has 2 aromatic carbocycles. The molecule has 0 unspecified atom stereocenters. The van der Waals surface area contributed by atoms with Crippen LogP contribution in [-0.4, -0.2) is 28.9 Å². The molecule has 0 saturated carbocycles. The van der Waals surface area contributed by atoms with Crippen LogP contribution in [0.1, 0.15) is 5.56 Å². The molecule has 0 bridgehead atoms. The van der Waals surface area contributed by atoms with Crippen LogP contribution in [0.4, 0.5) is 0 Å². The number of hydrogen-bond acceptors (Lipinski definition) is 4. The third-order valence-corrected chi connectivity index (χ3v) is 4.56. The Kier molecular flexibility index (Phi) is 4.55. The molecule has 8 heteroatoms. The molecule has 116 valence electrons. The fraction of sp³-hybridized carbons (Fsp3) is 0.143. The second kappa shape index (κ2) is 6.22. The Hall–Kier alpha value is -2.29. The van der Waals surface area contributed by atoms with Crippen molar-refractivity contribution in [2.45, 2.75) is 18.5 Å². The van der Waals surface area contributed by atoms with E-state index in [4.69, 9.17) is 0 Å². The lowest BCUT2D eigenvalue weighted by Gasteiger charge is -2.07. The van der Waals surface area contributed by atoms with Crippen LogP contribution in [-0.2, 0) is 16.7 Å². The first-order valence-electron chi connectivity index (χ1n) is 6.41. The zero-order valence-electron chi connectivity index (χ0n) is 11.9. The van der Waals surface area contributed by atoms with Gasteiger partial charge in [-0.3, -0.25) is 0 Å². The van der Waals surface area contributed by atoms with Gasteiger partial charge in [-0.2, -0.15) is 4.72 Å². The number of benzene rings is 2. The van der Waals surface area contributed by atoms with Gasteiger partial charge < -0.3 is 5.48 Å². The second-order valence-corrected chi connectivity index (χ2v) is 6.46. The number of fused-ring (bicyclic) bond motifs is 1. The lowest BCUT2D eigenvalue weighted by Crippen LogP contribution is -2.27. The molecule has 1 aromatic heterocycles. The Morgan fingerprint density at radius 1 is 1.09 bits per heavy atom. The van der Waals surface area contributed by atoms with E-state index < -0.39 is 10.0 Å². The maximum Gasteiger partial charge on any atom is 0.242 e. The fourth-order valence-electron chi connectivity index (χ4n) is 1.98. The number of sulfonamides is 1. The zero-order valence-corrected chi connectivity index (χ0v) is 12.7. The van der Waals surface area contributed by atoms with Crippen LogP contribution in [0.2, 0.25) is 0 Å². The maximum atomic E-state index is 12.2. The standard InChI is InChI=1S/C14H14N4O2S.H2O/c1-11-6-8-12(9-7-11)21(19,20)15-10-18-14-5-3-2-4-13(14)16-17-18;/h2-9,15H,10H2,1H3;1H2. The highest BCUT2D eigenvalue weighted by molar-refractivity contribution is 7.89. The van der Waals surface area contributed by atoms with Crippen LogP contribution in [0, 0.1) is 6.92 Å². The average molecular weight is 320 g/mol. The van der Waals surface area contributed by atoms with Crippen molar-refractivity contribution >= 4 is 21.1 Å². The zero-order chi connectivity index (χ0) is 14.9. The van der Waals surface area contributed by atoms with Crippen LogP contribution in [0.15, 0.2) is 53.4 Å². The van der Waals surface area contributed by atoms with Crippen molar-refractivity contribution in [3.05, 3.63) is 54.1 Å². The third kappa shape index (κ3) is 3.14. The summed E-state index contributed by atoms with van der Waals surface area (Å²) in [6.45, 7) is 1.95. The van der Waals surface area contributed by atoms with Crippen molar-refractivity contribution in [3.8, 4) is 0 Å². The van der Waals surface area contributed by atoms with Gasteiger partial charge in [-0.15, -0.1) is 5.10 Å². The van der Waals surface area contributed by atoms with E-state index in [2.05, 4.69) is 15.0 Å². The van der Waals surface area contributed by atoms with Crippen LogP contribution in [0.3, 0.4) is 0 Å². The molecular weight excluding hydrogens is 304 g/mol. The van der Waals surface area contributed by atoms with Gasteiger partial charge in [0.2, 0.25) is 10.0 Å². The van der Waals surface area contributed by atoms with Gasteiger partial charge in [0, 0.05) is 0 Å². The Labute approximate surface area is 127 Å². The Morgan fingerprint density at radius 3 is 2.50 bits per heavy atom. The van der Waals surface area contributed by atoms with Gasteiger partial charge >= 0.3 is 0 Å². The van der Waals surface area contributed by atoms with E-state index in [9.17, 15) is 8.42 Å². The Morgan fingerprint density at radius 2 is 1.77 bits per heavy atom. The van der Waals surface area contributed by atoms with E-state index >= 15 is 0 Å². The molecule has 0 aliphatic rings. The van der Waals surface area contributed by atoms with E-state index in [0.29, 0.717) is 0 Å². The van der Waals surface area contributed by atoms with Gasteiger partial charge in [-0.05, 0) is 31.2 Å². The molecule has 0 saturated heterocycles. The van der Waals surface area contributed by atoms with Crippen LogP contribution < -0.4 is 4.72 Å². The van der Waals surface area contributed by atoms with E-state index in [1.807, 2.05) is 31.2 Å². The summed E-state index contributed by atoms with van der Waals surface area (Å²) in [5.74, 6) is 0. The second-order valence-electron chi connectivity index (χ2n) is 4.70. The minimum absolute atomic E-state index is 0. The van der Waals surface area contributed by atoms with Crippen molar-refractivity contribution in [1.29, 1.82) is 0 Å². The highest BCUT2D eigenvalue weighted by Crippen LogP contribution is 2.12. The lowest BCUT2D eigenvalue weighted by atomic mass is 10.2. The van der Waals surface area contributed by atoms with E-state index in [1.165, 1.54) is 4.68 Å². The molecule has 7 nitrogen and oxygen atoms in total. The van der Waals surface area contributed by atoms with E-state index in [-0.39, 0.29) is 17.0 Å². The molecular formula is C14H16N4O3S. The largest absolute Gasteiger partial charge is 0.412 e. The summed E-state index contributed by atoms with van der Waals surface area (Å²) in [7, 11) is -3.56. The highest BCUT2D eigenvalue weighted by Gasteiger charge is 2.14. The van der Waals surface area contributed by atoms with E-state index in [1.54, 1.807) is 24.3 Å². The van der Waals surface area contributed by atoms with Crippen LogP contribution >= 0.6 is 0 Å². The van der Waals surface area contributed by atoms with E-state index in [0.717, 1.165) is 16.6 Å². The average Bonchev–Trinajstić information content (AvgIpc) is 2.89. The highest BCUT2D eigenvalue weighted by atomic mass is 32.2. The van der Waals surface area contributed by atoms with Gasteiger partial charge in [-0.1, -0.05) is 35.0 Å². The van der Waals surface area contributed by atoms with Crippen LogP contribution in [0.5, 0.6) is 0 Å². The normalized spacial score (nSPS) is 11.3. The molecule has 0 atom stereocenters. The summed E-state index contributed by atoms with van der Waals surface area (Å²) in [5.41, 5.74) is 2.52. The lowest BCUT2D eigenvalue weighted by molar-refractivity contribution is 0.542. The van der Waals surface area contributed by atoms with Crippen molar-refractivity contribution in [1.82, 2.24) is 19.7 Å². The molecule has 3 N–H and O–H groups in total. The number of nitrogens with one attached hydrogen (secondary N) is 1. The minimum atomic E-state index is -3.56. The minimum Gasteiger partial charge on any atom is -0.412 e. The predicted octanol–water partition coefficient (Wildman–Crippen LogP) is 0.851. The van der Waals surface area contributed by atoms with Gasteiger partial charge in [0.1, 0.15) is 12.2 Å². The molecule has 0 radical (unpaired) electrons. The number of hydrogen-bond donors (Lipinski definition) is 1. The molecule has 3 rings (SSSR count). The first-order chi connectivity index (χ1) is 10.1.